The van der Waals surface area contributed by atoms with E-state index in [4.69, 9.17) is 42.5 Å². The van der Waals surface area contributed by atoms with Crippen LogP contribution >= 0.6 is 23.2 Å². The molecule has 2 aliphatic rings. The van der Waals surface area contributed by atoms with Gasteiger partial charge in [-0.15, -0.1) is 0 Å². The van der Waals surface area contributed by atoms with Gasteiger partial charge < -0.3 is 33.7 Å². The van der Waals surface area contributed by atoms with Crippen molar-refractivity contribution in [1.82, 2.24) is 14.5 Å². The minimum atomic E-state index is -1.10. The van der Waals surface area contributed by atoms with Gasteiger partial charge in [0.25, 0.3) is 0 Å². The Morgan fingerprint density at radius 1 is 1.14 bits per heavy atom. The van der Waals surface area contributed by atoms with Crippen LogP contribution in [0.25, 0.3) is 0 Å². The molecule has 3 heterocycles. The number of nitrogens with zero attached hydrogens (tertiary/aromatic N) is 4. The number of anilines is 1. The Balaban J connectivity index is 1.22. The predicted octanol–water partition coefficient (Wildman–Crippen LogP) is 4.34. The standard InChI is InChI=1S/C25H26Cl2N4O5/c26-18-1-6-22(23(27)13-18)25(16-29-8-7-28-17-29)35-15-21(36-25)14-34-20-4-2-19(3-5-20)30-9-11-31(12-10-30)24(32)33/h1-8,13,17,21H,9-12,14-16H2,(H,32,33). The number of carbonyl (C=O) groups is 1. The summed E-state index contributed by atoms with van der Waals surface area (Å²) in [6.45, 7) is 3.30. The molecule has 2 fully saturated rings. The lowest BCUT2D eigenvalue weighted by Crippen LogP contribution is -2.48. The molecule has 2 aromatic carbocycles. The SMILES string of the molecule is O=C(O)N1CCN(c2ccc(OCC3COC(Cn4ccnc4)(c4ccc(Cl)cc4Cl)O3)cc2)CC1. The highest BCUT2D eigenvalue weighted by molar-refractivity contribution is 6.35. The summed E-state index contributed by atoms with van der Waals surface area (Å²) in [5, 5.41) is 10.1. The molecule has 1 amide bonds. The van der Waals surface area contributed by atoms with E-state index in [9.17, 15) is 4.79 Å². The molecule has 1 N–H and O–H groups in total. The molecule has 9 nitrogen and oxygen atoms in total. The monoisotopic (exact) mass is 532 g/mol. The summed E-state index contributed by atoms with van der Waals surface area (Å²) >= 11 is 12.6. The van der Waals surface area contributed by atoms with Crippen molar-refractivity contribution in [2.45, 2.75) is 18.4 Å². The van der Waals surface area contributed by atoms with E-state index in [0.29, 0.717) is 67.3 Å². The number of halogens is 2. The Labute approximate surface area is 218 Å². The zero-order chi connectivity index (χ0) is 25.1. The van der Waals surface area contributed by atoms with Crippen LogP contribution in [0.1, 0.15) is 5.56 Å². The summed E-state index contributed by atoms with van der Waals surface area (Å²) in [4.78, 5) is 18.8. The van der Waals surface area contributed by atoms with Crippen molar-refractivity contribution in [3.05, 3.63) is 76.8 Å². The Morgan fingerprint density at radius 2 is 1.92 bits per heavy atom. The lowest BCUT2D eigenvalue weighted by molar-refractivity contribution is -0.189. The number of ether oxygens (including phenoxy) is 3. The Bertz CT molecular complexity index is 1190. The largest absolute Gasteiger partial charge is 0.491 e. The fourth-order valence-electron chi connectivity index (χ4n) is 4.47. The van der Waals surface area contributed by atoms with Crippen molar-refractivity contribution >= 4 is 35.0 Å². The average molecular weight is 533 g/mol. The first-order chi connectivity index (χ1) is 17.4. The topological polar surface area (TPSA) is 89.3 Å². The van der Waals surface area contributed by atoms with E-state index in [-0.39, 0.29) is 6.10 Å². The van der Waals surface area contributed by atoms with Crippen molar-refractivity contribution in [2.24, 2.45) is 0 Å². The number of piperazine rings is 1. The maximum absolute atomic E-state index is 11.1. The Hall–Kier alpha value is -2.98. The van der Waals surface area contributed by atoms with Crippen LogP contribution in [0.15, 0.2) is 61.2 Å². The van der Waals surface area contributed by atoms with Gasteiger partial charge in [0.05, 0.1) is 24.5 Å². The van der Waals surface area contributed by atoms with E-state index in [1.165, 1.54) is 4.90 Å². The molecule has 0 radical (unpaired) electrons. The van der Waals surface area contributed by atoms with Gasteiger partial charge >= 0.3 is 6.09 Å². The zero-order valence-electron chi connectivity index (χ0n) is 19.4. The van der Waals surface area contributed by atoms with Gasteiger partial charge in [-0.1, -0.05) is 29.3 Å². The van der Waals surface area contributed by atoms with Crippen molar-refractivity contribution < 1.29 is 24.1 Å². The van der Waals surface area contributed by atoms with Crippen molar-refractivity contribution in [1.29, 1.82) is 0 Å². The van der Waals surface area contributed by atoms with Gasteiger partial charge in [-0.3, -0.25) is 0 Å². The van der Waals surface area contributed by atoms with E-state index >= 15 is 0 Å². The molecule has 0 saturated carbocycles. The van der Waals surface area contributed by atoms with E-state index in [0.717, 1.165) is 5.69 Å². The molecule has 2 aliphatic heterocycles. The molecule has 2 saturated heterocycles. The van der Waals surface area contributed by atoms with Crippen molar-refractivity contribution in [2.75, 3.05) is 44.3 Å². The molecule has 36 heavy (non-hydrogen) atoms. The number of hydrogen-bond acceptors (Lipinski definition) is 6. The number of imidazole rings is 1. The summed E-state index contributed by atoms with van der Waals surface area (Å²) in [5.74, 6) is -0.388. The third-order valence-electron chi connectivity index (χ3n) is 6.34. The van der Waals surface area contributed by atoms with Crippen LogP contribution in [-0.4, -0.2) is 71.1 Å². The van der Waals surface area contributed by atoms with E-state index < -0.39 is 11.9 Å². The van der Waals surface area contributed by atoms with Gasteiger partial charge in [-0.05, 0) is 36.4 Å². The molecule has 0 aliphatic carbocycles. The normalized spacial score (nSPS) is 22.1. The summed E-state index contributed by atoms with van der Waals surface area (Å²) in [6.07, 6.45) is 4.05. The Morgan fingerprint density at radius 3 is 2.58 bits per heavy atom. The van der Waals surface area contributed by atoms with Gasteiger partial charge in [-0.25, -0.2) is 9.78 Å². The zero-order valence-corrected chi connectivity index (χ0v) is 20.9. The lowest BCUT2D eigenvalue weighted by atomic mass is 10.1. The van der Waals surface area contributed by atoms with Gasteiger partial charge in [0.15, 0.2) is 0 Å². The summed E-state index contributed by atoms with van der Waals surface area (Å²) in [6, 6.07) is 13.0. The second-order valence-corrected chi connectivity index (χ2v) is 9.57. The van der Waals surface area contributed by atoms with Gasteiger partial charge in [0, 0.05) is 54.8 Å². The predicted molar refractivity (Wildman–Crippen MR) is 135 cm³/mol. The quantitative estimate of drug-likeness (QED) is 0.484. The van der Waals surface area contributed by atoms with Crippen LogP contribution in [0.3, 0.4) is 0 Å². The summed E-state index contributed by atoms with van der Waals surface area (Å²) in [5.41, 5.74) is 1.72. The highest BCUT2D eigenvalue weighted by Gasteiger charge is 2.45. The first-order valence-corrected chi connectivity index (χ1v) is 12.4. The van der Waals surface area contributed by atoms with Crippen LogP contribution < -0.4 is 9.64 Å². The van der Waals surface area contributed by atoms with Crippen molar-refractivity contribution in [3.8, 4) is 5.75 Å². The second kappa shape index (κ2) is 10.6. The summed E-state index contributed by atoms with van der Waals surface area (Å²) in [7, 11) is 0. The minimum absolute atomic E-state index is 0.299. The summed E-state index contributed by atoms with van der Waals surface area (Å²) < 4.78 is 20.5. The number of hydrogen-bond donors (Lipinski definition) is 1. The maximum atomic E-state index is 11.1. The molecular weight excluding hydrogens is 507 g/mol. The van der Waals surface area contributed by atoms with Gasteiger partial charge in [-0.2, -0.15) is 0 Å². The molecular formula is C25H26Cl2N4O5. The molecule has 1 aromatic heterocycles. The number of carboxylic acid groups (broad SMARTS) is 1. The molecule has 3 aromatic rings. The second-order valence-electron chi connectivity index (χ2n) is 8.72. The van der Waals surface area contributed by atoms with E-state index in [1.54, 1.807) is 24.7 Å². The van der Waals surface area contributed by atoms with Gasteiger partial charge in [0.1, 0.15) is 18.5 Å². The number of aromatic nitrogens is 2. The maximum Gasteiger partial charge on any atom is 0.407 e. The molecule has 2 unspecified atom stereocenters. The van der Waals surface area contributed by atoms with E-state index in [2.05, 4.69) is 9.88 Å². The van der Waals surface area contributed by atoms with Crippen LogP contribution in [0.4, 0.5) is 10.5 Å². The molecule has 0 spiro atoms. The highest BCUT2D eigenvalue weighted by atomic mass is 35.5. The first kappa shape index (κ1) is 24.7. The van der Waals surface area contributed by atoms with Gasteiger partial charge in [0.2, 0.25) is 5.79 Å². The average Bonchev–Trinajstić information content (AvgIpc) is 3.54. The Kier molecular flexibility index (Phi) is 7.25. The van der Waals surface area contributed by atoms with Crippen LogP contribution in [0.2, 0.25) is 10.0 Å². The van der Waals surface area contributed by atoms with Crippen LogP contribution in [0, 0.1) is 0 Å². The number of amides is 1. The molecule has 190 valence electrons. The molecule has 11 heteroatoms. The van der Waals surface area contributed by atoms with Crippen molar-refractivity contribution in [3.63, 3.8) is 0 Å². The van der Waals surface area contributed by atoms with E-state index in [1.807, 2.05) is 41.1 Å². The fourth-order valence-corrected chi connectivity index (χ4v) is 5.03. The lowest BCUT2D eigenvalue weighted by Gasteiger charge is -2.34. The van der Waals surface area contributed by atoms with Crippen LogP contribution in [0.5, 0.6) is 5.75 Å². The fraction of sp³-hybridized carbons (Fsp3) is 0.360. The molecule has 0 bridgehead atoms. The first-order valence-electron chi connectivity index (χ1n) is 11.6. The smallest absolute Gasteiger partial charge is 0.407 e. The number of benzene rings is 2. The third-order valence-corrected chi connectivity index (χ3v) is 6.89. The minimum Gasteiger partial charge on any atom is -0.491 e. The number of rotatable bonds is 7. The van der Waals surface area contributed by atoms with Crippen LogP contribution in [-0.2, 0) is 21.8 Å². The molecule has 2 atom stereocenters. The molecule has 5 rings (SSSR count). The third kappa shape index (κ3) is 5.39. The highest BCUT2D eigenvalue weighted by Crippen LogP contribution is 2.40.